The van der Waals surface area contributed by atoms with Crippen molar-refractivity contribution in [2.75, 3.05) is 32.1 Å². The van der Waals surface area contributed by atoms with Crippen molar-refractivity contribution in [2.24, 2.45) is 5.92 Å². The van der Waals surface area contributed by atoms with Crippen LogP contribution < -0.4 is 15.8 Å². The fraction of sp³-hybridized carbons (Fsp3) is 0.500. The Morgan fingerprint density at radius 1 is 1.32 bits per heavy atom. The Bertz CT molecular complexity index is 400. The second-order valence-corrected chi connectivity index (χ2v) is 4.72. The van der Waals surface area contributed by atoms with Gasteiger partial charge in [-0.05, 0) is 43.0 Å². The third-order valence-corrected chi connectivity index (χ3v) is 3.18. The smallest absolute Gasteiger partial charge is 0.257 e. The molecule has 0 bridgehead atoms. The van der Waals surface area contributed by atoms with Crippen LogP contribution in [0.4, 0.5) is 5.69 Å². The van der Waals surface area contributed by atoms with Crippen LogP contribution in [0.3, 0.4) is 0 Å². The van der Waals surface area contributed by atoms with E-state index in [0.717, 1.165) is 26.1 Å². The van der Waals surface area contributed by atoms with Crippen LogP contribution in [0.15, 0.2) is 24.3 Å². The Hall–Kier alpha value is -1.75. The number of benzene rings is 1. The van der Waals surface area contributed by atoms with Gasteiger partial charge in [-0.25, -0.2) is 0 Å². The number of amides is 1. The number of ether oxygens (including phenoxy) is 2. The lowest BCUT2D eigenvalue weighted by Gasteiger charge is -2.22. The van der Waals surface area contributed by atoms with Crippen molar-refractivity contribution in [3.63, 3.8) is 0 Å². The number of nitrogen functional groups attached to an aromatic ring is 1. The van der Waals surface area contributed by atoms with Crippen LogP contribution in [0.2, 0.25) is 0 Å². The second kappa shape index (κ2) is 6.99. The minimum atomic E-state index is -0.0942. The Morgan fingerprint density at radius 2 is 2.00 bits per heavy atom. The molecule has 5 heteroatoms. The van der Waals surface area contributed by atoms with Gasteiger partial charge in [0.15, 0.2) is 6.61 Å². The number of nitrogens with one attached hydrogen (secondary N) is 1. The lowest BCUT2D eigenvalue weighted by Crippen LogP contribution is -2.35. The van der Waals surface area contributed by atoms with Crippen LogP contribution in [0, 0.1) is 5.92 Å². The minimum absolute atomic E-state index is 0.0349. The van der Waals surface area contributed by atoms with E-state index in [4.69, 9.17) is 15.2 Å². The summed E-state index contributed by atoms with van der Waals surface area (Å²) in [5, 5.41) is 2.89. The van der Waals surface area contributed by atoms with Crippen molar-refractivity contribution >= 4 is 11.6 Å². The van der Waals surface area contributed by atoms with Crippen molar-refractivity contribution in [3.8, 4) is 5.75 Å². The van der Waals surface area contributed by atoms with Crippen molar-refractivity contribution in [1.82, 2.24) is 5.32 Å². The Morgan fingerprint density at radius 3 is 2.68 bits per heavy atom. The third-order valence-electron chi connectivity index (χ3n) is 3.18. The van der Waals surface area contributed by atoms with Gasteiger partial charge in [0.2, 0.25) is 0 Å². The molecule has 104 valence electrons. The van der Waals surface area contributed by atoms with Gasteiger partial charge in [-0.15, -0.1) is 0 Å². The first-order chi connectivity index (χ1) is 9.24. The van der Waals surface area contributed by atoms with Crippen LogP contribution >= 0.6 is 0 Å². The van der Waals surface area contributed by atoms with E-state index in [1.807, 2.05) is 0 Å². The molecule has 1 saturated heterocycles. The van der Waals surface area contributed by atoms with Crippen molar-refractivity contribution in [2.45, 2.75) is 12.8 Å². The summed E-state index contributed by atoms with van der Waals surface area (Å²) in [6, 6.07) is 6.99. The van der Waals surface area contributed by atoms with E-state index < -0.39 is 0 Å². The molecule has 0 radical (unpaired) electrons. The van der Waals surface area contributed by atoms with E-state index in [0.29, 0.717) is 23.9 Å². The second-order valence-electron chi connectivity index (χ2n) is 4.72. The van der Waals surface area contributed by atoms with Gasteiger partial charge >= 0.3 is 0 Å². The highest BCUT2D eigenvalue weighted by Crippen LogP contribution is 2.14. The summed E-state index contributed by atoms with van der Waals surface area (Å²) >= 11 is 0. The van der Waals surface area contributed by atoms with Gasteiger partial charge in [-0.2, -0.15) is 0 Å². The minimum Gasteiger partial charge on any atom is -0.484 e. The first-order valence-electron chi connectivity index (χ1n) is 6.57. The van der Waals surface area contributed by atoms with Gasteiger partial charge < -0.3 is 20.5 Å². The molecule has 2 rings (SSSR count). The Labute approximate surface area is 113 Å². The number of nitrogens with two attached hydrogens (primary N) is 1. The first-order valence-corrected chi connectivity index (χ1v) is 6.57. The summed E-state index contributed by atoms with van der Waals surface area (Å²) in [6.07, 6.45) is 2.03. The largest absolute Gasteiger partial charge is 0.484 e. The van der Waals surface area contributed by atoms with Crippen LogP contribution in [-0.2, 0) is 9.53 Å². The Balaban J connectivity index is 1.65. The first kappa shape index (κ1) is 13.7. The van der Waals surface area contributed by atoms with E-state index in [2.05, 4.69) is 5.32 Å². The standard InChI is InChI=1S/C14H20N2O3/c15-12-1-3-13(4-2-12)19-10-14(17)16-9-11-5-7-18-8-6-11/h1-4,11H,5-10,15H2,(H,16,17). The molecular formula is C14H20N2O3. The highest BCUT2D eigenvalue weighted by Gasteiger charge is 2.14. The molecule has 0 unspecified atom stereocenters. The van der Waals surface area contributed by atoms with Crippen LogP contribution in [-0.4, -0.2) is 32.3 Å². The number of carbonyl (C=O) groups excluding carboxylic acids is 1. The number of hydrogen-bond donors (Lipinski definition) is 2. The van der Waals surface area contributed by atoms with Gasteiger partial charge in [0.1, 0.15) is 5.75 Å². The summed E-state index contributed by atoms with van der Waals surface area (Å²) in [5.74, 6) is 1.08. The maximum Gasteiger partial charge on any atom is 0.257 e. The SMILES string of the molecule is Nc1ccc(OCC(=O)NCC2CCOCC2)cc1. The molecule has 1 aromatic rings. The summed E-state index contributed by atoms with van der Waals surface area (Å²) in [7, 11) is 0. The highest BCUT2D eigenvalue weighted by atomic mass is 16.5. The van der Waals surface area contributed by atoms with Crippen molar-refractivity contribution in [3.05, 3.63) is 24.3 Å². The maximum absolute atomic E-state index is 11.6. The normalized spacial score (nSPS) is 16.0. The zero-order chi connectivity index (χ0) is 13.5. The highest BCUT2D eigenvalue weighted by molar-refractivity contribution is 5.77. The molecule has 0 aliphatic carbocycles. The molecule has 19 heavy (non-hydrogen) atoms. The van der Waals surface area contributed by atoms with E-state index >= 15 is 0 Å². The summed E-state index contributed by atoms with van der Waals surface area (Å²) in [6.45, 7) is 2.32. The van der Waals surface area contributed by atoms with E-state index in [9.17, 15) is 4.79 Å². The van der Waals surface area contributed by atoms with E-state index in [-0.39, 0.29) is 12.5 Å². The fourth-order valence-corrected chi connectivity index (χ4v) is 1.97. The number of anilines is 1. The zero-order valence-electron chi connectivity index (χ0n) is 10.9. The van der Waals surface area contributed by atoms with Gasteiger partial charge in [0.05, 0.1) is 0 Å². The quantitative estimate of drug-likeness (QED) is 0.783. The van der Waals surface area contributed by atoms with Crippen LogP contribution in [0.25, 0.3) is 0 Å². The lowest BCUT2D eigenvalue weighted by atomic mass is 10.0. The molecule has 1 fully saturated rings. The van der Waals surface area contributed by atoms with E-state index in [1.54, 1.807) is 24.3 Å². The number of carbonyl (C=O) groups is 1. The molecule has 0 aromatic heterocycles. The Kier molecular flexibility index (Phi) is 5.03. The van der Waals surface area contributed by atoms with Crippen molar-refractivity contribution in [1.29, 1.82) is 0 Å². The van der Waals surface area contributed by atoms with Crippen LogP contribution in [0.1, 0.15) is 12.8 Å². The third kappa shape index (κ3) is 4.79. The molecule has 1 aromatic carbocycles. The molecule has 5 nitrogen and oxygen atoms in total. The monoisotopic (exact) mass is 264 g/mol. The molecule has 3 N–H and O–H groups in total. The molecule has 1 heterocycles. The average molecular weight is 264 g/mol. The topological polar surface area (TPSA) is 73.6 Å². The van der Waals surface area contributed by atoms with Crippen LogP contribution in [0.5, 0.6) is 5.75 Å². The molecule has 1 amide bonds. The van der Waals surface area contributed by atoms with Gasteiger partial charge in [-0.1, -0.05) is 0 Å². The predicted octanol–water partition coefficient (Wildman–Crippen LogP) is 1.19. The molecule has 1 aliphatic rings. The molecule has 0 saturated carbocycles. The van der Waals surface area contributed by atoms with Crippen molar-refractivity contribution < 1.29 is 14.3 Å². The summed E-state index contributed by atoms with van der Waals surface area (Å²) < 4.78 is 10.6. The van der Waals surface area contributed by atoms with Gasteiger partial charge in [-0.3, -0.25) is 4.79 Å². The summed E-state index contributed by atoms with van der Waals surface area (Å²) in [4.78, 5) is 11.6. The number of hydrogen-bond acceptors (Lipinski definition) is 4. The zero-order valence-corrected chi connectivity index (χ0v) is 10.9. The average Bonchev–Trinajstić information content (AvgIpc) is 2.45. The van der Waals surface area contributed by atoms with Gasteiger partial charge in [0.25, 0.3) is 5.91 Å². The van der Waals surface area contributed by atoms with E-state index in [1.165, 1.54) is 0 Å². The molecular weight excluding hydrogens is 244 g/mol. The number of rotatable bonds is 5. The molecule has 0 spiro atoms. The molecule has 0 atom stereocenters. The lowest BCUT2D eigenvalue weighted by molar-refractivity contribution is -0.123. The summed E-state index contributed by atoms with van der Waals surface area (Å²) in [5.41, 5.74) is 6.25. The predicted molar refractivity (Wildman–Crippen MR) is 72.9 cm³/mol. The fourth-order valence-electron chi connectivity index (χ4n) is 1.97. The maximum atomic E-state index is 11.6. The van der Waals surface area contributed by atoms with Gasteiger partial charge in [0, 0.05) is 25.4 Å². The molecule has 1 aliphatic heterocycles.